The zero-order valence-corrected chi connectivity index (χ0v) is 11.6. The zero-order valence-electron chi connectivity index (χ0n) is 9.24. The highest BCUT2D eigenvalue weighted by atomic mass is 79.9. The molecule has 0 aromatic carbocycles. The molecule has 0 radical (unpaired) electrons. The van der Waals surface area contributed by atoms with Gasteiger partial charge < -0.3 is 5.32 Å². The van der Waals surface area contributed by atoms with E-state index in [0.29, 0.717) is 11.6 Å². The van der Waals surface area contributed by atoms with Crippen LogP contribution in [0.5, 0.6) is 0 Å². The first-order valence-electron chi connectivity index (χ1n) is 5.11. The van der Waals surface area contributed by atoms with Gasteiger partial charge in [-0.1, -0.05) is 11.6 Å². The molecule has 3 nitrogen and oxygen atoms in total. The second-order valence-corrected chi connectivity index (χ2v) is 4.93. The summed E-state index contributed by atoms with van der Waals surface area (Å²) < 4.78 is 0.853. The number of rotatable bonds is 3. The molecule has 0 bridgehead atoms. The van der Waals surface area contributed by atoms with Gasteiger partial charge in [0.15, 0.2) is 0 Å². The summed E-state index contributed by atoms with van der Waals surface area (Å²) in [4.78, 5) is 8.31. The van der Waals surface area contributed by atoms with Gasteiger partial charge in [0.2, 0.25) is 0 Å². The highest BCUT2D eigenvalue weighted by molar-refractivity contribution is 9.10. The molecule has 2 rings (SSSR count). The molecule has 0 amide bonds. The second-order valence-electron chi connectivity index (χ2n) is 3.64. The predicted molar refractivity (Wildman–Crippen MR) is 73.2 cm³/mol. The fourth-order valence-electron chi connectivity index (χ4n) is 1.41. The number of nitrogens with one attached hydrogen (secondary N) is 1. The number of aromatic nitrogens is 2. The van der Waals surface area contributed by atoms with Gasteiger partial charge in [-0.25, -0.2) is 4.98 Å². The molecular formula is C12H11BrClN3. The molecule has 0 aliphatic carbocycles. The van der Waals surface area contributed by atoms with Crippen LogP contribution in [-0.2, 0) is 6.54 Å². The van der Waals surface area contributed by atoms with E-state index < -0.39 is 0 Å². The number of halogens is 2. The Morgan fingerprint density at radius 3 is 2.94 bits per heavy atom. The standard InChI is InChI=1S/C12H11BrClN3/c1-8-2-3-15-5-9(8)6-16-12-11(13)4-10(14)7-17-12/h2-5,7H,6H2,1H3,(H,16,17). The van der Waals surface area contributed by atoms with Crippen molar-refractivity contribution in [3.8, 4) is 0 Å². The lowest BCUT2D eigenvalue weighted by atomic mass is 10.1. The van der Waals surface area contributed by atoms with Gasteiger partial charge in [-0.2, -0.15) is 0 Å². The summed E-state index contributed by atoms with van der Waals surface area (Å²) >= 11 is 9.24. The van der Waals surface area contributed by atoms with E-state index in [0.717, 1.165) is 15.9 Å². The minimum absolute atomic E-state index is 0.611. The minimum atomic E-state index is 0.611. The van der Waals surface area contributed by atoms with Gasteiger partial charge in [-0.3, -0.25) is 4.98 Å². The summed E-state index contributed by atoms with van der Waals surface area (Å²) in [6.07, 6.45) is 5.26. The van der Waals surface area contributed by atoms with E-state index in [2.05, 4.69) is 38.1 Å². The number of nitrogens with zero attached hydrogens (tertiary/aromatic N) is 2. The van der Waals surface area contributed by atoms with Gasteiger partial charge >= 0.3 is 0 Å². The van der Waals surface area contributed by atoms with Crippen molar-refractivity contribution in [2.45, 2.75) is 13.5 Å². The van der Waals surface area contributed by atoms with Crippen LogP contribution in [0.15, 0.2) is 35.2 Å². The maximum Gasteiger partial charge on any atom is 0.140 e. The molecule has 0 saturated carbocycles. The number of anilines is 1. The van der Waals surface area contributed by atoms with Crippen LogP contribution in [0.4, 0.5) is 5.82 Å². The molecule has 0 fully saturated rings. The average molecular weight is 313 g/mol. The van der Waals surface area contributed by atoms with Crippen molar-refractivity contribution >= 4 is 33.3 Å². The first-order valence-corrected chi connectivity index (χ1v) is 6.28. The molecule has 1 N–H and O–H groups in total. The monoisotopic (exact) mass is 311 g/mol. The summed E-state index contributed by atoms with van der Waals surface area (Å²) in [5.41, 5.74) is 2.36. The summed E-state index contributed by atoms with van der Waals surface area (Å²) in [5, 5.41) is 3.85. The Bertz CT molecular complexity index is 531. The molecule has 2 aromatic rings. The maximum atomic E-state index is 5.83. The van der Waals surface area contributed by atoms with Gasteiger partial charge in [0.25, 0.3) is 0 Å². The number of pyridine rings is 2. The van der Waals surface area contributed by atoms with Crippen LogP contribution in [0.2, 0.25) is 5.02 Å². The van der Waals surface area contributed by atoms with Crippen molar-refractivity contribution in [2.75, 3.05) is 5.32 Å². The third-order valence-corrected chi connectivity index (χ3v) is 3.21. The maximum absolute atomic E-state index is 5.83. The van der Waals surface area contributed by atoms with E-state index in [4.69, 9.17) is 11.6 Å². The van der Waals surface area contributed by atoms with Crippen LogP contribution in [0.25, 0.3) is 0 Å². The topological polar surface area (TPSA) is 37.8 Å². The first-order chi connectivity index (χ1) is 8.16. The van der Waals surface area contributed by atoms with Crippen LogP contribution in [0.1, 0.15) is 11.1 Å². The Morgan fingerprint density at radius 2 is 2.24 bits per heavy atom. The SMILES string of the molecule is Cc1ccncc1CNc1ncc(Cl)cc1Br. The lowest BCUT2D eigenvalue weighted by molar-refractivity contribution is 1.06. The molecule has 0 saturated heterocycles. The molecule has 0 unspecified atom stereocenters. The Morgan fingerprint density at radius 1 is 1.41 bits per heavy atom. The number of hydrogen-bond acceptors (Lipinski definition) is 3. The highest BCUT2D eigenvalue weighted by Crippen LogP contribution is 2.23. The van der Waals surface area contributed by atoms with Crippen molar-refractivity contribution in [1.82, 2.24) is 9.97 Å². The van der Waals surface area contributed by atoms with E-state index >= 15 is 0 Å². The fraction of sp³-hybridized carbons (Fsp3) is 0.167. The Labute approximate surface area is 113 Å². The molecule has 0 aliphatic rings. The van der Waals surface area contributed by atoms with Crippen LogP contribution in [-0.4, -0.2) is 9.97 Å². The van der Waals surface area contributed by atoms with Gasteiger partial charge in [-0.05, 0) is 46.1 Å². The normalized spacial score (nSPS) is 10.3. The largest absolute Gasteiger partial charge is 0.365 e. The minimum Gasteiger partial charge on any atom is -0.365 e. The molecular weight excluding hydrogens is 302 g/mol. The van der Waals surface area contributed by atoms with Crippen LogP contribution < -0.4 is 5.32 Å². The summed E-state index contributed by atoms with van der Waals surface area (Å²) in [7, 11) is 0. The third-order valence-electron chi connectivity index (χ3n) is 2.40. The van der Waals surface area contributed by atoms with Gasteiger partial charge in [-0.15, -0.1) is 0 Å². The molecule has 0 aliphatic heterocycles. The summed E-state index contributed by atoms with van der Waals surface area (Å²) in [6.45, 7) is 2.75. The van der Waals surface area contributed by atoms with E-state index in [1.807, 2.05) is 18.3 Å². The van der Waals surface area contributed by atoms with Crippen molar-refractivity contribution < 1.29 is 0 Å². The highest BCUT2D eigenvalue weighted by Gasteiger charge is 2.03. The first kappa shape index (κ1) is 12.3. The Kier molecular flexibility index (Phi) is 3.97. The molecule has 17 heavy (non-hydrogen) atoms. The summed E-state index contributed by atoms with van der Waals surface area (Å²) in [5.74, 6) is 0.776. The summed E-state index contributed by atoms with van der Waals surface area (Å²) in [6, 6.07) is 3.80. The van der Waals surface area contributed by atoms with Gasteiger partial charge in [0.1, 0.15) is 5.82 Å². The number of hydrogen-bond donors (Lipinski definition) is 1. The van der Waals surface area contributed by atoms with Gasteiger partial charge in [0, 0.05) is 25.1 Å². The van der Waals surface area contributed by atoms with Gasteiger partial charge in [0.05, 0.1) is 9.50 Å². The Hall–Kier alpha value is -1.13. The second kappa shape index (κ2) is 5.47. The molecule has 0 spiro atoms. The lowest BCUT2D eigenvalue weighted by Gasteiger charge is -2.09. The fourth-order valence-corrected chi connectivity index (χ4v) is 2.18. The third kappa shape index (κ3) is 3.17. The van der Waals surface area contributed by atoms with Crippen molar-refractivity contribution in [3.05, 3.63) is 51.3 Å². The quantitative estimate of drug-likeness (QED) is 0.936. The molecule has 0 atom stereocenters. The van der Waals surface area contributed by atoms with Crippen molar-refractivity contribution in [3.63, 3.8) is 0 Å². The molecule has 2 heterocycles. The lowest BCUT2D eigenvalue weighted by Crippen LogP contribution is -2.03. The smallest absolute Gasteiger partial charge is 0.140 e. The zero-order chi connectivity index (χ0) is 12.3. The van der Waals surface area contributed by atoms with Crippen LogP contribution in [0, 0.1) is 6.92 Å². The van der Waals surface area contributed by atoms with E-state index in [1.54, 1.807) is 12.4 Å². The van der Waals surface area contributed by atoms with E-state index in [1.165, 1.54) is 5.56 Å². The van der Waals surface area contributed by atoms with E-state index in [-0.39, 0.29) is 0 Å². The molecule has 2 aromatic heterocycles. The Balaban J connectivity index is 2.10. The van der Waals surface area contributed by atoms with Crippen molar-refractivity contribution in [1.29, 1.82) is 0 Å². The molecule has 88 valence electrons. The van der Waals surface area contributed by atoms with E-state index in [9.17, 15) is 0 Å². The van der Waals surface area contributed by atoms with Crippen LogP contribution >= 0.6 is 27.5 Å². The van der Waals surface area contributed by atoms with Crippen LogP contribution in [0.3, 0.4) is 0 Å². The van der Waals surface area contributed by atoms with Crippen molar-refractivity contribution in [2.24, 2.45) is 0 Å². The molecule has 5 heteroatoms. The number of aryl methyl sites for hydroxylation is 1. The average Bonchev–Trinajstić information content (AvgIpc) is 2.30. The predicted octanol–water partition coefficient (Wildman–Crippen LogP) is 3.81.